The minimum Gasteiger partial charge on any atom is -0.493 e. The van der Waals surface area contributed by atoms with Crippen LogP contribution in [-0.2, 0) is 14.4 Å². The van der Waals surface area contributed by atoms with E-state index in [-0.39, 0.29) is 43.8 Å². The molecule has 0 saturated heterocycles. The van der Waals surface area contributed by atoms with Gasteiger partial charge in [-0.1, -0.05) is 19.1 Å². The average molecular weight is 406 g/mol. The van der Waals surface area contributed by atoms with Gasteiger partial charge in [0, 0.05) is 32.1 Å². The third-order valence-electron chi connectivity index (χ3n) is 4.74. The fourth-order valence-corrected chi connectivity index (χ4v) is 3.09. The Hall–Kier alpha value is -2.77. The van der Waals surface area contributed by atoms with Gasteiger partial charge in [-0.2, -0.15) is 0 Å². The summed E-state index contributed by atoms with van der Waals surface area (Å²) in [6.07, 6.45) is 2.70. The second kappa shape index (κ2) is 11.3. The number of ether oxygens (including phenoxy) is 2. The molecular weight excluding hydrogens is 376 g/mol. The molecule has 0 unspecified atom stereocenters. The number of carbonyl (C=O) groups is 3. The van der Waals surface area contributed by atoms with E-state index >= 15 is 0 Å². The minimum absolute atomic E-state index is 0.0796. The van der Waals surface area contributed by atoms with Gasteiger partial charge >= 0.3 is 5.97 Å². The summed E-state index contributed by atoms with van der Waals surface area (Å²) in [5.74, 6) is -0.168. The van der Waals surface area contributed by atoms with E-state index in [1.165, 1.54) is 0 Å². The van der Waals surface area contributed by atoms with Crippen LogP contribution in [0.3, 0.4) is 0 Å². The third-order valence-corrected chi connectivity index (χ3v) is 4.74. The van der Waals surface area contributed by atoms with Crippen LogP contribution >= 0.6 is 0 Å². The average Bonchev–Trinajstić information content (AvgIpc) is 3.54. The topological polar surface area (TPSA) is 96.4 Å². The number of carboxylic acids is 1. The Morgan fingerprint density at radius 2 is 1.72 bits per heavy atom. The van der Waals surface area contributed by atoms with E-state index in [0.717, 1.165) is 19.3 Å². The number of carboxylic acid groups (broad SMARTS) is 1. The maximum Gasteiger partial charge on any atom is 0.305 e. The summed E-state index contributed by atoms with van der Waals surface area (Å²) in [7, 11) is 1.54. The molecule has 0 aromatic heterocycles. The van der Waals surface area contributed by atoms with Crippen molar-refractivity contribution in [3.8, 4) is 11.5 Å². The van der Waals surface area contributed by atoms with Gasteiger partial charge in [-0.15, -0.1) is 0 Å². The third kappa shape index (κ3) is 7.29. The van der Waals surface area contributed by atoms with Crippen LogP contribution in [-0.4, -0.2) is 72.1 Å². The number of hydrogen-bond donors (Lipinski definition) is 1. The van der Waals surface area contributed by atoms with Crippen LogP contribution in [0.2, 0.25) is 0 Å². The molecule has 8 heteroatoms. The first-order valence-corrected chi connectivity index (χ1v) is 10.0. The number of carbonyl (C=O) groups excluding carboxylic acids is 2. The zero-order valence-corrected chi connectivity index (χ0v) is 17.1. The highest BCUT2D eigenvalue weighted by atomic mass is 16.5. The first-order chi connectivity index (χ1) is 14.0. The highest BCUT2D eigenvalue weighted by Crippen LogP contribution is 2.28. The van der Waals surface area contributed by atoms with Crippen molar-refractivity contribution in [3.05, 3.63) is 24.3 Å². The molecule has 29 heavy (non-hydrogen) atoms. The van der Waals surface area contributed by atoms with Crippen molar-refractivity contribution >= 4 is 17.8 Å². The molecule has 0 aliphatic heterocycles. The number of amides is 2. The zero-order chi connectivity index (χ0) is 21.2. The molecule has 2 amide bonds. The molecule has 1 saturated carbocycles. The van der Waals surface area contributed by atoms with Gasteiger partial charge in [-0.05, 0) is 31.4 Å². The lowest BCUT2D eigenvalue weighted by molar-refractivity contribution is -0.138. The van der Waals surface area contributed by atoms with Gasteiger partial charge in [0.25, 0.3) is 5.91 Å². The predicted octanol–water partition coefficient (Wildman–Crippen LogP) is 2.17. The number of para-hydroxylation sites is 2. The Kier molecular flexibility index (Phi) is 8.76. The first-order valence-electron chi connectivity index (χ1n) is 10.0. The van der Waals surface area contributed by atoms with Gasteiger partial charge in [0.2, 0.25) is 5.91 Å². The van der Waals surface area contributed by atoms with Gasteiger partial charge in [0.1, 0.15) is 0 Å². The molecule has 0 heterocycles. The number of methoxy groups -OCH3 is 1. The highest BCUT2D eigenvalue weighted by molar-refractivity contribution is 5.81. The van der Waals surface area contributed by atoms with E-state index < -0.39 is 5.97 Å². The fraction of sp³-hybridized carbons (Fsp3) is 0.571. The Bertz CT molecular complexity index is 704. The van der Waals surface area contributed by atoms with Crippen molar-refractivity contribution in [1.82, 2.24) is 9.80 Å². The van der Waals surface area contributed by atoms with Crippen molar-refractivity contribution in [1.29, 1.82) is 0 Å². The van der Waals surface area contributed by atoms with Crippen molar-refractivity contribution in [2.75, 3.05) is 33.4 Å². The molecule has 0 radical (unpaired) electrons. The fourth-order valence-electron chi connectivity index (χ4n) is 3.09. The van der Waals surface area contributed by atoms with Crippen LogP contribution in [0, 0.1) is 0 Å². The summed E-state index contributed by atoms with van der Waals surface area (Å²) in [4.78, 5) is 39.3. The molecule has 160 valence electrons. The van der Waals surface area contributed by atoms with E-state index in [4.69, 9.17) is 14.6 Å². The second-order valence-corrected chi connectivity index (χ2v) is 7.03. The van der Waals surface area contributed by atoms with E-state index in [2.05, 4.69) is 0 Å². The van der Waals surface area contributed by atoms with Gasteiger partial charge in [0.05, 0.1) is 13.5 Å². The predicted molar refractivity (Wildman–Crippen MR) is 107 cm³/mol. The van der Waals surface area contributed by atoms with Gasteiger partial charge < -0.3 is 24.4 Å². The maximum absolute atomic E-state index is 12.7. The molecular formula is C21H30N2O6. The molecule has 1 aromatic carbocycles. The number of aliphatic carboxylic acids is 1. The SMILES string of the molecule is CCCN(CCC(=O)O)C(=O)CCN(C(=O)COc1ccccc1OC)C1CC1. The molecule has 1 aliphatic rings. The van der Waals surface area contributed by atoms with Crippen LogP contribution in [0.5, 0.6) is 11.5 Å². The Morgan fingerprint density at radius 3 is 2.31 bits per heavy atom. The quantitative estimate of drug-likeness (QED) is 0.539. The van der Waals surface area contributed by atoms with E-state index in [1.54, 1.807) is 35.1 Å². The molecule has 1 fully saturated rings. The number of benzene rings is 1. The van der Waals surface area contributed by atoms with Gasteiger partial charge in [-0.25, -0.2) is 0 Å². The van der Waals surface area contributed by atoms with E-state index in [0.29, 0.717) is 24.6 Å². The highest BCUT2D eigenvalue weighted by Gasteiger charge is 2.33. The summed E-state index contributed by atoms with van der Waals surface area (Å²) in [6.45, 7) is 2.83. The van der Waals surface area contributed by atoms with Crippen LogP contribution in [0.15, 0.2) is 24.3 Å². The molecule has 0 bridgehead atoms. The molecule has 1 N–H and O–H groups in total. The lowest BCUT2D eigenvalue weighted by Gasteiger charge is -2.25. The largest absolute Gasteiger partial charge is 0.493 e. The summed E-state index contributed by atoms with van der Waals surface area (Å²) < 4.78 is 10.9. The monoisotopic (exact) mass is 406 g/mol. The van der Waals surface area contributed by atoms with Crippen LogP contribution in [0.4, 0.5) is 0 Å². The van der Waals surface area contributed by atoms with E-state index in [9.17, 15) is 14.4 Å². The lowest BCUT2D eigenvalue weighted by atomic mass is 10.2. The number of nitrogens with zero attached hydrogens (tertiary/aromatic N) is 2. The summed E-state index contributed by atoms with van der Waals surface area (Å²) in [6, 6.07) is 7.27. The summed E-state index contributed by atoms with van der Waals surface area (Å²) >= 11 is 0. The normalized spacial score (nSPS) is 12.9. The zero-order valence-electron chi connectivity index (χ0n) is 17.1. The number of hydrogen-bond acceptors (Lipinski definition) is 5. The van der Waals surface area contributed by atoms with Crippen molar-refractivity contribution in [3.63, 3.8) is 0 Å². The molecule has 2 rings (SSSR count). The van der Waals surface area contributed by atoms with Crippen LogP contribution in [0.1, 0.15) is 39.0 Å². The summed E-state index contributed by atoms with van der Waals surface area (Å²) in [5.41, 5.74) is 0. The molecule has 0 atom stereocenters. The van der Waals surface area contributed by atoms with Crippen molar-refractivity contribution in [2.45, 2.75) is 45.1 Å². The molecule has 0 spiro atoms. The van der Waals surface area contributed by atoms with Gasteiger partial charge in [0.15, 0.2) is 18.1 Å². The summed E-state index contributed by atoms with van der Waals surface area (Å²) in [5, 5.41) is 8.86. The van der Waals surface area contributed by atoms with Crippen LogP contribution < -0.4 is 9.47 Å². The Morgan fingerprint density at radius 1 is 1.03 bits per heavy atom. The van der Waals surface area contributed by atoms with Crippen molar-refractivity contribution in [2.24, 2.45) is 0 Å². The maximum atomic E-state index is 12.7. The number of rotatable bonds is 13. The molecule has 1 aromatic rings. The molecule has 1 aliphatic carbocycles. The Labute approximate surface area is 171 Å². The standard InChI is InChI=1S/C21H30N2O6/c1-3-12-22(13-11-21(26)27)19(24)10-14-23(16-8-9-16)20(25)15-29-18-7-5-4-6-17(18)28-2/h4-7,16H,3,8-15H2,1-2H3,(H,26,27). The minimum atomic E-state index is -0.929. The van der Waals surface area contributed by atoms with Crippen LogP contribution in [0.25, 0.3) is 0 Å². The van der Waals surface area contributed by atoms with Crippen molar-refractivity contribution < 1.29 is 29.0 Å². The van der Waals surface area contributed by atoms with Gasteiger partial charge in [-0.3, -0.25) is 14.4 Å². The second-order valence-electron chi connectivity index (χ2n) is 7.03. The lowest BCUT2D eigenvalue weighted by Crippen LogP contribution is -2.41. The molecule has 8 nitrogen and oxygen atoms in total. The Balaban J connectivity index is 1.89. The van der Waals surface area contributed by atoms with E-state index in [1.807, 2.05) is 13.0 Å². The smallest absolute Gasteiger partial charge is 0.305 e. The first kappa shape index (κ1) is 22.5.